The Morgan fingerprint density at radius 1 is 0.212 bits per heavy atom. The molecule has 0 saturated carbocycles. The molecule has 0 heterocycles. The maximum absolute atomic E-state index is 2.66. The van der Waals surface area contributed by atoms with Crippen LogP contribution in [0.3, 0.4) is 0 Å². The van der Waals surface area contributed by atoms with Crippen molar-refractivity contribution in [3.8, 4) is 0 Å². The van der Waals surface area contributed by atoms with Crippen molar-refractivity contribution in [2.75, 3.05) is 14.7 Å². The SMILES string of the molecule is CCc1cccc(C)c1N(c1c(C)cccc1C)c1c(C)c(C)c(C(c2c(C)c(C)c(N(c3c(C)cccc3C)c3c(C)cccc3CC)c(C)c2C)c2c(C)c(C)c(N(c3c(C)cccc3C)c3c(C)cccc3CC)c(C)c2C)c(C)c1C. The normalized spacial score (nSPS) is 11.5. The average Bonchev–Trinajstić information content (AvgIpc) is 0.788. The largest absolute Gasteiger partial charge is 0.309 e. The van der Waals surface area contributed by atoms with Crippen molar-refractivity contribution in [2.24, 2.45) is 0 Å². The molecule has 0 amide bonds. The van der Waals surface area contributed by atoms with Crippen LogP contribution in [-0.2, 0) is 19.3 Å². The summed E-state index contributed by atoms with van der Waals surface area (Å²) < 4.78 is 0. The van der Waals surface area contributed by atoms with E-state index < -0.39 is 0 Å². The van der Waals surface area contributed by atoms with Crippen LogP contribution in [0.15, 0.2) is 109 Å². The molecule has 85 heavy (non-hydrogen) atoms. The fourth-order valence-electron chi connectivity index (χ4n) is 15.2. The Morgan fingerprint density at radius 3 is 0.553 bits per heavy atom. The third-order valence-electron chi connectivity index (χ3n) is 20.2. The quantitative estimate of drug-likeness (QED) is 0.0948. The molecule has 0 aliphatic carbocycles. The minimum atomic E-state index is -0.112. The van der Waals surface area contributed by atoms with Gasteiger partial charge in [0.2, 0.25) is 0 Å². The van der Waals surface area contributed by atoms with Crippen LogP contribution in [0.5, 0.6) is 0 Å². The molecule has 0 aliphatic rings. The predicted octanol–water partition coefficient (Wildman–Crippen LogP) is 23.4. The second kappa shape index (κ2) is 24.4. The van der Waals surface area contributed by atoms with Crippen molar-refractivity contribution in [1.82, 2.24) is 0 Å². The minimum Gasteiger partial charge on any atom is -0.309 e. The molecule has 3 heteroatoms. The molecule has 0 aromatic heterocycles. The molecule has 440 valence electrons. The van der Waals surface area contributed by atoms with Gasteiger partial charge in [-0.15, -0.1) is 0 Å². The topological polar surface area (TPSA) is 9.72 Å². The van der Waals surface area contributed by atoms with Crippen LogP contribution >= 0.6 is 0 Å². The highest BCUT2D eigenvalue weighted by Gasteiger charge is 2.37. The van der Waals surface area contributed by atoms with Crippen LogP contribution < -0.4 is 14.7 Å². The Hall–Kier alpha value is -7.62. The summed E-state index contributed by atoms with van der Waals surface area (Å²) in [4.78, 5) is 7.99. The van der Waals surface area contributed by atoms with Crippen LogP contribution in [0, 0.1) is 145 Å². The number of hydrogen-bond donors (Lipinski definition) is 0. The zero-order valence-corrected chi connectivity index (χ0v) is 56.4. The molecule has 0 fully saturated rings. The molecule has 0 N–H and O–H groups in total. The molecule has 0 spiro atoms. The Bertz CT molecular complexity index is 3540. The summed E-state index contributed by atoms with van der Waals surface area (Å²) in [5, 5.41) is 0. The van der Waals surface area contributed by atoms with Gasteiger partial charge in [0.1, 0.15) is 0 Å². The Kier molecular flexibility index (Phi) is 17.8. The molecule has 0 atom stereocenters. The lowest BCUT2D eigenvalue weighted by Gasteiger charge is -2.40. The Morgan fingerprint density at radius 2 is 0.376 bits per heavy atom. The van der Waals surface area contributed by atoms with Crippen LogP contribution in [0.25, 0.3) is 0 Å². The van der Waals surface area contributed by atoms with Crippen molar-refractivity contribution in [1.29, 1.82) is 0 Å². The van der Waals surface area contributed by atoms with Gasteiger partial charge in [-0.25, -0.2) is 0 Å². The monoisotopic (exact) mass is 1120 g/mol. The number of rotatable bonds is 15. The summed E-state index contributed by atoms with van der Waals surface area (Å²) in [6.07, 6.45) is 2.80. The van der Waals surface area contributed by atoms with Gasteiger partial charge in [-0.1, -0.05) is 130 Å². The summed E-state index contributed by atoms with van der Waals surface area (Å²) in [6.45, 7) is 56.8. The maximum Gasteiger partial charge on any atom is 0.0525 e. The molecule has 0 saturated heterocycles. The number of hydrogen-bond acceptors (Lipinski definition) is 3. The van der Waals surface area contributed by atoms with Crippen molar-refractivity contribution >= 4 is 51.2 Å². The van der Waals surface area contributed by atoms with E-state index in [1.54, 1.807) is 0 Å². The second-order valence-corrected chi connectivity index (χ2v) is 25.3. The highest BCUT2D eigenvalue weighted by Crippen LogP contribution is 2.56. The first kappa shape index (κ1) is 61.9. The fourth-order valence-corrected chi connectivity index (χ4v) is 15.2. The molecular formula is C82H97N3. The van der Waals surface area contributed by atoms with E-state index in [4.69, 9.17) is 0 Å². The van der Waals surface area contributed by atoms with E-state index in [-0.39, 0.29) is 5.92 Å². The Labute approximate surface area is 513 Å². The van der Waals surface area contributed by atoms with Crippen molar-refractivity contribution in [2.45, 2.75) is 191 Å². The maximum atomic E-state index is 2.66. The molecular weight excluding hydrogens is 1030 g/mol. The third kappa shape index (κ3) is 10.3. The first-order chi connectivity index (χ1) is 40.4. The molecule has 0 radical (unpaired) electrons. The number of aryl methyl sites for hydroxylation is 12. The highest BCUT2D eigenvalue weighted by molar-refractivity contribution is 5.92. The predicted molar refractivity (Wildman–Crippen MR) is 372 cm³/mol. The highest BCUT2D eigenvalue weighted by atomic mass is 15.2. The van der Waals surface area contributed by atoms with Crippen LogP contribution in [0.1, 0.15) is 177 Å². The van der Waals surface area contributed by atoms with Gasteiger partial charge in [0.15, 0.2) is 0 Å². The van der Waals surface area contributed by atoms with E-state index in [1.165, 1.54) is 201 Å². The summed E-state index contributed by atoms with van der Waals surface area (Å²) in [7, 11) is 0. The van der Waals surface area contributed by atoms with Crippen LogP contribution in [0.4, 0.5) is 51.2 Å². The molecule has 0 bridgehead atoms. The molecule has 9 aromatic carbocycles. The Balaban J connectivity index is 1.46. The summed E-state index contributed by atoms with van der Waals surface area (Å²) in [5.41, 5.74) is 47.3. The third-order valence-corrected chi connectivity index (χ3v) is 20.2. The van der Waals surface area contributed by atoms with E-state index in [0.717, 1.165) is 19.3 Å². The zero-order chi connectivity index (χ0) is 61.9. The van der Waals surface area contributed by atoms with E-state index in [9.17, 15) is 0 Å². The smallest absolute Gasteiger partial charge is 0.0525 e. The van der Waals surface area contributed by atoms with Gasteiger partial charge in [-0.2, -0.15) is 0 Å². The van der Waals surface area contributed by atoms with Crippen LogP contribution in [0.2, 0.25) is 0 Å². The van der Waals surface area contributed by atoms with Crippen LogP contribution in [-0.4, -0.2) is 0 Å². The van der Waals surface area contributed by atoms with E-state index >= 15 is 0 Å². The van der Waals surface area contributed by atoms with E-state index in [1.807, 2.05) is 0 Å². The number of anilines is 9. The molecule has 3 nitrogen and oxygen atoms in total. The summed E-state index contributed by atoms with van der Waals surface area (Å²) >= 11 is 0. The summed E-state index contributed by atoms with van der Waals surface area (Å²) in [6, 6.07) is 41.0. The van der Waals surface area contributed by atoms with Gasteiger partial charge in [0, 0.05) is 5.92 Å². The molecule has 9 rings (SSSR count). The minimum absolute atomic E-state index is 0.112. The molecule has 9 aromatic rings. The van der Waals surface area contributed by atoms with Gasteiger partial charge in [-0.05, 0) is 315 Å². The lowest BCUT2D eigenvalue weighted by molar-refractivity contribution is 0.879. The average molecular weight is 1120 g/mol. The summed E-state index contributed by atoms with van der Waals surface area (Å²) in [5.74, 6) is -0.112. The van der Waals surface area contributed by atoms with Crippen molar-refractivity contribution in [3.63, 3.8) is 0 Å². The van der Waals surface area contributed by atoms with Crippen molar-refractivity contribution in [3.05, 3.63) is 259 Å². The second-order valence-electron chi connectivity index (χ2n) is 25.3. The lowest BCUT2D eigenvalue weighted by Crippen LogP contribution is -2.24. The first-order valence-corrected chi connectivity index (χ1v) is 31.5. The zero-order valence-electron chi connectivity index (χ0n) is 56.4. The number of para-hydroxylation sites is 6. The van der Waals surface area contributed by atoms with Gasteiger partial charge in [0.05, 0.1) is 51.2 Å². The van der Waals surface area contributed by atoms with E-state index in [2.05, 4.69) is 290 Å². The molecule has 0 aliphatic heterocycles. The van der Waals surface area contributed by atoms with Crippen molar-refractivity contribution < 1.29 is 0 Å². The van der Waals surface area contributed by atoms with Gasteiger partial charge in [-0.3, -0.25) is 0 Å². The lowest BCUT2D eigenvalue weighted by atomic mass is 9.70. The van der Waals surface area contributed by atoms with E-state index in [0.29, 0.717) is 0 Å². The molecule has 0 unspecified atom stereocenters. The van der Waals surface area contributed by atoms with Gasteiger partial charge >= 0.3 is 0 Å². The number of benzene rings is 9. The van der Waals surface area contributed by atoms with Gasteiger partial charge in [0.25, 0.3) is 0 Å². The first-order valence-electron chi connectivity index (χ1n) is 31.5. The standard InChI is InChI=1S/C82H97N3/c1-25-67-43-31-40-52(10)77(67)83(74-46(4)34-28-35-47(74)5)80-61(19)55(13)70(56(14)62(80)20)73(71-57(15)63(21)81(64(22)58(71)16)84(75-48(6)36-29-37-49(75)7)78-53(11)41-32-44-68(78)26-2)72-59(17)65(23)82(66(24)60(72)18)85(76-50(8)38-30-39-51(76)9)79-54(12)42-33-45-69(79)27-3/h28-45,73H,25-27H2,1-24H3. The van der Waals surface area contributed by atoms with Gasteiger partial charge < -0.3 is 14.7 Å². The fraction of sp³-hybridized carbons (Fsp3) is 0.341. The number of nitrogens with zero attached hydrogens (tertiary/aromatic N) is 3.